The molecular formula is C13H19NO2S. The predicted octanol–water partition coefficient (Wildman–Crippen LogP) is 2.48. The zero-order valence-electron chi connectivity index (χ0n) is 10.6. The number of hydrogen-bond acceptors (Lipinski definition) is 2. The molecule has 1 unspecified atom stereocenters. The van der Waals surface area contributed by atoms with Gasteiger partial charge in [0.05, 0.1) is 4.90 Å². The van der Waals surface area contributed by atoms with Gasteiger partial charge < -0.3 is 0 Å². The summed E-state index contributed by atoms with van der Waals surface area (Å²) < 4.78 is 26.5. The third-order valence-corrected chi connectivity index (χ3v) is 5.59. The van der Waals surface area contributed by atoms with Crippen LogP contribution < -0.4 is 0 Å². The maximum Gasteiger partial charge on any atom is 0.243 e. The first-order chi connectivity index (χ1) is 7.93. The molecule has 0 N–H and O–H groups in total. The smallest absolute Gasteiger partial charge is 0.207 e. The number of nitrogens with zero attached hydrogens (tertiary/aromatic N) is 1. The van der Waals surface area contributed by atoms with Crippen LogP contribution in [0.2, 0.25) is 0 Å². The molecule has 1 aliphatic heterocycles. The lowest BCUT2D eigenvalue weighted by Crippen LogP contribution is -2.33. The Bertz CT molecular complexity index is 522. The van der Waals surface area contributed by atoms with Crippen LogP contribution in [0.25, 0.3) is 0 Å². The van der Waals surface area contributed by atoms with Crippen molar-refractivity contribution >= 4 is 10.0 Å². The largest absolute Gasteiger partial charge is 0.243 e. The molecule has 94 valence electrons. The predicted molar refractivity (Wildman–Crippen MR) is 68.5 cm³/mol. The highest BCUT2D eigenvalue weighted by atomic mass is 32.2. The van der Waals surface area contributed by atoms with E-state index in [1.165, 1.54) is 0 Å². The van der Waals surface area contributed by atoms with Gasteiger partial charge in [-0.05, 0) is 56.9 Å². The second-order valence-corrected chi connectivity index (χ2v) is 6.74. The number of hydrogen-bond donors (Lipinski definition) is 0. The Morgan fingerprint density at radius 2 is 1.94 bits per heavy atom. The summed E-state index contributed by atoms with van der Waals surface area (Å²) >= 11 is 0. The van der Waals surface area contributed by atoms with Crippen LogP contribution in [0.1, 0.15) is 30.9 Å². The topological polar surface area (TPSA) is 37.4 Å². The minimum Gasteiger partial charge on any atom is -0.207 e. The Kier molecular flexibility index (Phi) is 3.27. The van der Waals surface area contributed by atoms with Gasteiger partial charge in [0.15, 0.2) is 0 Å². The Morgan fingerprint density at radius 1 is 1.24 bits per heavy atom. The highest BCUT2D eigenvalue weighted by Gasteiger charge is 2.32. The van der Waals surface area contributed by atoms with Gasteiger partial charge in [-0.2, -0.15) is 4.31 Å². The lowest BCUT2D eigenvalue weighted by atomic mass is 10.1. The summed E-state index contributed by atoms with van der Waals surface area (Å²) in [5.74, 6) is 0. The van der Waals surface area contributed by atoms with E-state index >= 15 is 0 Å². The Balaban J connectivity index is 2.41. The summed E-state index contributed by atoms with van der Waals surface area (Å²) in [5.41, 5.74) is 2.15. The van der Waals surface area contributed by atoms with E-state index in [0.717, 1.165) is 24.0 Å². The van der Waals surface area contributed by atoms with Crippen LogP contribution in [0.15, 0.2) is 23.1 Å². The average molecular weight is 253 g/mol. The lowest BCUT2D eigenvalue weighted by molar-refractivity contribution is 0.408. The molecule has 3 nitrogen and oxygen atoms in total. The summed E-state index contributed by atoms with van der Waals surface area (Å²) in [6.45, 7) is 6.56. The lowest BCUT2D eigenvalue weighted by Gasteiger charge is -2.21. The molecule has 1 heterocycles. The molecule has 0 aromatic heterocycles. The van der Waals surface area contributed by atoms with Crippen molar-refractivity contribution in [2.75, 3.05) is 6.54 Å². The molecule has 1 fully saturated rings. The van der Waals surface area contributed by atoms with Crippen molar-refractivity contribution in [1.82, 2.24) is 4.31 Å². The summed E-state index contributed by atoms with van der Waals surface area (Å²) in [7, 11) is -3.29. The molecule has 0 amide bonds. The van der Waals surface area contributed by atoms with Gasteiger partial charge in [0.2, 0.25) is 10.0 Å². The molecule has 0 bridgehead atoms. The van der Waals surface area contributed by atoms with Crippen LogP contribution in [0.4, 0.5) is 0 Å². The van der Waals surface area contributed by atoms with Gasteiger partial charge in [0.25, 0.3) is 0 Å². The quantitative estimate of drug-likeness (QED) is 0.812. The van der Waals surface area contributed by atoms with E-state index in [1.54, 1.807) is 16.4 Å². The maximum absolute atomic E-state index is 12.4. The fourth-order valence-corrected chi connectivity index (χ4v) is 4.06. The minimum atomic E-state index is -3.29. The SMILES string of the molecule is Cc1ccc(S(=O)(=O)N2CCCC2C)cc1C. The first-order valence-electron chi connectivity index (χ1n) is 6.02. The van der Waals surface area contributed by atoms with Gasteiger partial charge in [-0.15, -0.1) is 0 Å². The van der Waals surface area contributed by atoms with Crippen LogP contribution in [0.5, 0.6) is 0 Å². The molecular weight excluding hydrogens is 234 g/mol. The van der Waals surface area contributed by atoms with E-state index in [1.807, 2.05) is 26.8 Å². The highest BCUT2D eigenvalue weighted by molar-refractivity contribution is 7.89. The van der Waals surface area contributed by atoms with E-state index in [2.05, 4.69) is 0 Å². The first-order valence-corrected chi connectivity index (χ1v) is 7.46. The van der Waals surface area contributed by atoms with Crippen molar-refractivity contribution in [3.8, 4) is 0 Å². The van der Waals surface area contributed by atoms with Crippen LogP contribution >= 0.6 is 0 Å². The number of aryl methyl sites for hydroxylation is 2. The Hall–Kier alpha value is -0.870. The molecule has 1 aromatic rings. The zero-order valence-corrected chi connectivity index (χ0v) is 11.4. The maximum atomic E-state index is 12.4. The van der Waals surface area contributed by atoms with E-state index < -0.39 is 10.0 Å². The summed E-state index contributed by atoms with van der Waals surface area (Å²) in [6.07, 6.45) is 1.93. The Labute approximate surface area is 104 Å². The molecule has 0 saturated carbocycles. The molecule has 1 atom stereocenters. The van der Waals surface area contributed by atoms with Gasteiger partial charge >= 0.3 is 0 Å². The van der Waals surface area contributed by atoms with Crippen molar-refractivity contribution in [3.05, 3.63) is 29.3 Å². The fraction of sp³-hybridized carbons (Fsp3) is 0.538. The fourth-order valence-electron chi connectivity index (χ4n) is 2.27. The molecule has 0 aliphatic carbocycles. The Morgan fingerprint density at radius 3 is 2.47 bits per heavy atom. The molecule has 2 rings (SSSR count). The third kappa shape index (κ3) is 2.24. The van der Waals surface area contributed by atoms with E-state index in [0.29, 0.717) is 11.4 Å². The van der Waals surface area contributed by atoms with Gasteiger partial charge in [0.1, 0.15) is 0 Å². The van der Waals surface area contributed by atoms with E-state index in [9.17, 15) is 8.42 Å². The number of sulfonamides is 1. The van der Waals surface area contributed by atoms with Crippen molar-refractivity contribution in [2.24, 2.45) is 0 Å². The van der Waals surface area contributed by atoms with Gasteiger partial charge in [-0.25, -0.2) is 8.42 Å². The van der Waals surface area contributed by atoms with Crippen LogP contribution in [-0.2, 0) is 10.0 Å². The molecule has 0 radical (unpaired) electrons. The van der Waals surface area contributed by atoms with E-state index in [-0.39, 0.29) is 6.04 Å². The first kappa shape index (κ1) is 12.6. The monoisotopic (exact) mass is 253 g/mol. The van der Waals surface area contributed by atoms with Gasteiger partial charge in [-0.1, -0.05) is 6.07 Å². The highest BCUT2D eigenvalue weighted by Crippen LogP contribution is 2.26. The van der Waals surface area contributed by atoms with Crippen molar-refractivity contribution in [2.45, 2.75) is 44.6 Å². The second-order valence-electron chi connectivity index (χ2n) is 4.85. The van der Waals surface area contributed by atoms with Crippen LogP contribution in [0.3, 0.4) is 0 Å². The minimum absolute atomic E-state index is 0.126. The standard InChI is InChI=1S/C13H19NO2S/c1-10-6-7-13(9-11(10)2)17(15,16)14-8-4-5-12(14)3/h6-7,9,12H,4-5,8H2,1-3H3. The molecule has 1 aromatic carbocycles. The third-order valence-electron chi connectivity index (χ3n) is 3.58. The van der Waals surface area contributed by atoms with Gasteiger partial charge in [-0.3, -0.25) is 0 Å². The van der Waals surface area contributed by atoms with Crippen molar-refractivity contribution < 1.29 is 8.42 Å². The van der Waals surface area contributed by atoms with Crippen molar-refractivity contribution in [1.29, 1.82) is 0 Å². The number of benzene rings is 1. The molecule has 4 heteroatoms. The summed E-state index contributed by atoms with van der Waals surface area (Å²) in [6, 6.07) is 5.49. The molecule has 17 heavy (non-hydrogen) atoms. The normalized spacial score (nSPS) is 21.9. The second kappa shape index (κ2) is 4.42. The van der Waals surface area contributed by atoms with Crippen LogP contribution in [-0.4, -0.2) is 25.3 Å². The van der Waals surface area contributed by atoms with E-state index in [4.69, 9.17) is 0 Å². The number of rotatable bonds is 2. The molecule has 0 spiro atoms. The summed E-state index contributed by atoms with van der Waals surface area (Å²) in [4.78, 5) is 0.425. The molecule has 1 saturated heterocycles. The molecule has 1 aliphatic rings. The van der Waals surface area contributed by atoms with Crippen molar-refractivity contribution in [3.63, 3.8) is 0 Å². The van der Waals surface area contributed by atoms with Crippen LogP contribution in [0, 0.1) is 13.8 Å². The van der Waals surface area contributed by atoms with Gasteiger partial charge in [0, 0.05) is 12.6 Å². The zero-order chi connectivity index (χ0) is 12.6. The average Bonchev–Trinajstić information content (AvgIpc) is 2.69. The summed E-state index contributed by atoms with van der Waals surface area (Å²) in [5, 5.41) is 0.